The van der Waals surface area contributed by atoms with Crippen molar-refractivity contribution < 1.29 is 9.53 Å². The van der Waals surface area contributed by atoms with E-state index in [0.717, 1.165) is 17.7 Å². The highest BCUT2D eigenvalue weighted by Crippen LogP contribution is 2.39. The molecule has 1 unspecified atom stereocenters. The van der Waals surface area contributed by atoms with Crippen molar-refractivity contribution in [1.29, 1.82) is 0 Å². The van der Waals surface area contributed by atoms with E-state index in [1.807, 2.05) is 12.1 Å². The van der Waals surface area contributed by atoms with E-state index in [2.05, 4.69) is 26.0 Å². The highest BCUT2D eigenvalue weighted by molar-refractivity contribution is 5.91. The number of benzene rings is 1. The van der Waals surface area contributed by atoms with Gasteiger partial charge in [-0.05, 0) is 31.1 Å². The van der Waals surface area contributed by atoms with Crippen molar-refractivity contribution in [3.05, 3.63) is 41.5 Å². The Morgan fingerprint density at radius 3 is 2.71 bits per heavy atom. The molecule has 0 N–H and O–H groups in total. The molecule has 2 rings (SSSR count). The van der Waals surface area contributed by atoms with Gasteiger partial charge in [0.2, 0.25) is 0 Å². The van der Waals surface area contributed by atoms with Gasteiger partial charge in [-0.1, -0.05) is 25.1 Å². The third kappa shape index (κ3) is 2.26. The monoisotopic (exact) mass is 230 g/mol. The van der Waals surface area contributed by atoms with Crippen LogP contribution in [0.5, 0.6) is 5.75 Å². The molecule has 1 aromatic rings. The first-order chi connectivity index (χ1) is 8.05. The second kappa shape index (κ2) is 4.36. The van der Waals surface area contributed by atoms with Gasteiger partial charge in [-0.15, -0.1) is 0 Å². The predicted molar refractivity (Wildman–Crippen MR) is 68.5 cm³/mol. The summed E-state index contributed by atoms with van der Waals surface area (Å²) in [5.74, 6) is 1.13. The molecular weight excluding hydrogens is 212 g/mol. The second-order valence-electron chi connectivity index (χ2n) is 4.92. The lowest BCUT2D eigenvalue weighted by atomic mass is 9.74. The van der Waals surface area contributed by atoms with Crippen LogP contribution in [0, 0.1) is 6.92 Å². The van der Waals surface area contributed by atoms with Crippen molar-refractivity contribution >= 4 is 5.78 Å². The smallest absolute Gasteiger partial charge is 0.155 e. The Morgan fingerprint density at radius 1 is 1.35 bits per heavy atom. The van der Waals surface area contributed by atoms with Gasteiger partial charge in [-0.25, -0.2) is 0 Å². The number of rotatable bonds is 2. The Hall–Kier alpha value is -1.57. The van der Waals surface area contributed by atoms with Crippen LogP contribution in [-0.4, -0.2) is 12.9 Å². The average molecular weight is 230 g/mol. The number of carbonyl (C=O) groups is 1. The number of allylic oxidation sites excluding steroid dienone is 2. The van der Waals surface area contributed by atoms with Gasteiger partial charge in [0, 0.05) is 17.4 Å². The lowest BCUT2D eigenvalue weighted by Gasteiger charge is -2.30. The highest BCUT2D eigenvalue weighted by atomic mass is 16.5. The Labute approximate surface area is 102 Å². The van der Waals surface area contributed by atoms with E-state index < -0.39 is 0 Å². The molecule has 1 aliphatic carbocycles. The summed E-state index contributed by atoms with van der Waals surface area (Å²) in [7, 11) is 1.69. The topological polar surface area (TPSA) is 26.3 Å². The Balaban J connectivity index is 2.46. The summed E-state index contributed by atoms with van der Waals surface area (Å²) in [6, 6.07) is 6.24. The molecule has 0 heterocycles. The zero-order valence-corrected chi connectivity index (χ0v) is 10.6. The van der Waals surface area contributed by atoms with E-state index in [9.17, 15) is 4.79 Å². The van der Waals surface area contributed by atoms with Crippen LogP contribution in [0.15, 0.2) is 30.4 Å². The van der Waals surface area contributed by atoms with Crippen LogP contribution in [0.1, 0.15) is 30.9 Å². The van der Waals surface area contributed by atoms with Gasteiger partial charge in [0.25, 0.3) is 0 Å². The van der Waals surface area contributed by atoms with Gasteiger partial charge >= 0.3 is 0 Å². The molecule has 90 valence electrons. The Kier molecular flexibility index (Phi) is 3.05. The zero-order chi connectivity index (χ0) is 12.5. The molecule has 17 heavy (non-hydrogen) atoms. The van der Waals surface area contributed by atoms with Crippen molar-refractivity contribution in [3.8, 4) is 5.75 Å². The van der Waals surface area contributed by atoms with Crippen LogP contribution in [0.2, 0.25) is 0 Å². The number of ether oxygens (including phenoxy) is 1. The SMILES string of the molecule is COc1cc(C)ccc1C1(C)C=CC(=O)CC1. The number of ketones is 1. The summed E-state index contributed by atoms with van der Waals surface area (Å²) < 4.78 is 5.45. The molecule has 1 atom stereocenters. The third-order valence-corrected chi connectivity index (χ3v) is 3.50. The summed E-state index contributed by atoms with van der Waals surface area (Å²) >= 11 is 0. The maximum atomic E-state index is 11.3. The molecule has 0 fully saturated rings. The first-order valence-electron chi connectivity index (χ1n) is 5.92. The number of methoxy groups -OCH3 is 1. The molecule has 2 nitrogen and oxygen atoms in total. The molecule has 0 saturated heterocycles. The molecule has 0 aliphatic heterocycles. The van der Waals surface area contributed by atoms with Gasteiger partial charge < -0.3 is 4.74 Å². The van der Waals surface area contributed by atoms with Crippen LogP contribution in [0.3, 0.4) is 0 Å². The fraction of sp³-hybridized carbons (Fsp3) is 0.400. The molecule has 2 heteroatoms. The molecule has 1 aliphatic rings. The summed E-state index contributed by atoms with van der Waals surface area (Å²) in [4.78, 5) is 11.3. The summed E-state index contributed by atoms with van der Waals surface area (Å²) in [6.07, 6.45) is 5.17. The Bertz CT molecular complexity index is 474. The number of aryl methyl sites for hydroxylation is 1. The summed E-state index contributed by atoms with van der Waals surface area (Å²) in [5, 5.41) is 0. The van der Waals surface area contributed by atoms with Crippen LogP contribution in [0.4, 0.5) is 0 Å². The summed E-state index contributed by atoms with van der Waals surface area (Å²) in [5.41, 5.74) is 2.26. The number of hydrogen-bond acceptors (Lipinski definition) is 2. The van der Waals surface area contributed by atoms with Crippen molar-refractivity contribution in [2.45, 2.75) is 32.1 Å². The average Bonchev–Trinajstić information content (AvgIpc) is 2.33. The van der Waals surface area contributed by atoms with E-state index >= 15 is 0 Å². The molecular formula is C15H18O2. The lowest BCUT2D eigenvalue weighted by molar-refractivity contribution is -0.115. The standard InChI is InChI=1S/C15H18O2/c1-11-4-5-13(14(10-11)17-3)15(2)8-6-12(16)7-9-15/h4-6,8,10H,7,9H2,1-3H3. The second-order valence-corrected chi connectivity index (χ2v) is 4.92. The van der Waals surface area contributed by atoms with Gasteiger partial charge in [0.1, 0.15) is 5.75 Å². The largest absolute Gasteiger partial charge is 0.496 e. The normalized spacial score (nSPS) is 23.8. The lowest BCUT2D eigenvalue weighted by Crippen LogP contribution is -2.24. The van der Waals surface area contributed by atoms with E-state index in [1.54, 1.807) is 13.2 Å². The first kappa shape index (κ1) is 11.9. The molecule has 1 aromatic carbocycles. The fourth-order valence-electron chi connectivity index (χ4n) is 2.32. The predicted octanol–water partition coefficient (Wildman–Crippen LogP) is 3.18. The van der Waals surface area contributed by atoms with Crippen molar-refractivity contribution in [2.24, 2.45) is 0 Å². The highest BCUT2D eigenvalue weighted by Gasteiger charge is 2.30. The quantitative estimate of drug-likeness (QED) is 0.780. The van der Waals surface area contributed by atoms with Crippen LogP contribution < -0.4 is 4.74 Å². The molecule has 0 spiro atoms. The summed E-state index contributed by atoms with van der Waals surface area (Å²) in [6.45, 7) is 4.21. The van der Waals surface area contributed by atoms with E-state index in [0.29, 0.717) is 6.42 Å². The molecule has 0 saturated carbocycles. The minimum atomic E-state index is -0.0903. The maximum Gasteiger partial charge on any atom is 0.155 e. The van der Waals surface area contributed by atoms with E-state index in [-0.39, 0.29) is 11.2 Å². The number of hydrogen-bond donors (Lipinski definition) is 0. The maximum absolute atomic E-state index is 11.3. The fourth-order valence-corrected chi connectivity index (χ4v) is 2.32. The zero-order valence-electron chi connectivity index (χ0n) is 10.6. The van der Waals surface area contributed by atoms with Gasteiger partial charge in [-0.3, -0.25) is 4.79 Å². The van der Waals surface area contributed by atoms with Gasteiger partial charge in [-0.2, -0.15) is 0 Å². The first-order valence-corrected chi connectivity index (χ1v) is 5.92. The van der Waals surface area contributed by atoms with Crippen LogP contribution in [0.25, 0.3) is 0 Å². The van der Waals surface area contributed by atoms with Crippen LogP contribution >= 0.6 is 0 Å². The van der Waals surface area contributed by atoms with Crippen molar-refractivity contribution in [2.75, 3.05) is 7.11 Å². The molecule has 0 radical (unpaired) electrons. The Morgan fingerprint density at radius 2 is 2.12 bits per heavy atom. The molecule has 0 bridgehead atoms. The van der Waals surface area contributed by atoms with Gasteiger partial charge in [0.15, 0.2) is 5.78 Å². The molecule has 0 amide bonds. The van der Waals surface area contributed by atoms with E-state index in [4.69, 9.17) is 4.74 Å². The van der Waals surface area contributed by atoms with Crippen molar-refractivity contribution in [3.63, 3.8) is 0 Å². The minimum absolute atomic E-state index is 0.0903. The molecule has 0 aromatic heterocycles. The van der Waals surface area contributed by atoms with E-state index in [1.165, 1.54) is 5.56 Å². The third-order valence-electron chi connectivity index (χ3n) is 3.50. The van der Waals surface area contributed by atoms with Gasteiger partial charge in [0.05, 0.1) is 7.11 Å². The minimum Gasteiger partial charge on any atom is -0.496 e. The van der Waals surface area contributed by atoms with Crippen molar-refractivity contribution in [1.82, 2.24) is 0 Å². The number of carbonyl (C=O) groups excluding carboxylic acids is 1. The van der Waals surface area contributed by atoms with Crippen LogP contribution in [-0.2, 0) is 10.2 Å².